The van der Waals surface area contributed by atoms with Crippen LogP contribution in [-0.2, 0) is 17.1 Å². The van der Waals surface area contributed by atoms with E-state index in [1.54, 1.807) is 0 Å². The van der Waals surface area contributed by atoms with Gasteiger partial charge in [0.05, 0.1) is 0 Å². The van der Waals surface area contributed by atoms with Gasteiger partial charge in [0.1, 0.15) is 0 Å². The minimum atomic E-state index is -4.94. The molecule has 0 unspecified atom stereocenters. The van der Waals surface area contributed by atoms with E-state index in [1.165, 1.54) is 0 Å². The van der Waals surface area contributed by atoms with Gasteiger partial charge in [-0.05, 0) is 0 Å². The van der Waals surface area contributed by atoms with Gasteiger partial charge < -0.3 is 0 Å². The molecule has 0 aromatic carbocycles. The maximum atomic E-state index is 8.49. The molecule has 0 aromatic rings. The Morgan fingerprint density at radius 2 is 0.455 bits per heavy atom. The van der Waals surface area contributed by atoms with E-state index in [0.717, 1.165) is 0 Å². The molecule has 0 bridgehead atoms. The van der Waals surface area contributed by atoms with Gasteiger partial charge in [-0.25, -0.2) is 37.3 Å². The second-order valence-electron chi connectivity index (χ2n) is 0.756. The van der Waals surface area contributed by atoms with E-state index < -0.39 is 20.5 Å². The Morgan fingerprint density at radius 3 is 0.455 bits per heavy atom. The molecule has 0 saturated heterocycles. The monoisotopic (exact) mass is 253 g/mol. The SMILES string of the molecule is [Mn+2].[O-][Cl+3]([O-])([O-])[O-].[O-][Cl+3]([O-])([O-])[O-]. The molecule has 0 aliphatic heterocycles. The molecule has 0 spiro atoms. The van der Waals surface area contributed by atoms with Crippen molar-refractivity contribution in [3.05, 3.63) is 0 Å². The topological polar surface area (TPSA) is 184 Å². The number of halogens is 2. The summed E-state index contributed by atoms with van der Waals surface area (Å²) in [5.41, 5.74) is 0. The Balaban J connectivity index is -0.000000107. The molecule has 0 aliphatic rings. The van der Waals surface area contributed by atoms with Crippen LogP contribution in [0.15, 0.2) is 0 Å². The third-order valence-corrected chi connectivity index (χ3v) is 0. The van der Waals surface area contributed by atoms with Gasteiger partial charge >= 0.3 is 17.1 Å². The van der Waals surface area contributed by atoms with Crippen molar-refractivity contribution in [2.45, 2.75) is 0 Å². The Kier molecular flexibility index (Phi) is 10.2. The zero-order valence-corrected chi connectivity index (χ0v) is 7.09. The Labute approximate surface area is 75.3 Å². The fourth-order valence-electron chi connectivity index (χ4n) is 0. The molecular formula is Cl2MnO8. The van der Waals surface area contributed by atoms with Gasteiger partial charge in [-0.2, -0.15) is 0 Å². The van der Waals surface area contributed by atoms with Crippen molar-refractivity contribution in [2.24, 2.45) is 0 Å². The van der Waals surface area contributed by atoms with Crippen LogP contribution in [0.2, 0.25) is 0 Å². The zero-order chi connectivity index (χ0) is 9.00. The van der Waals surface area contributed by atoms with E-state index in [1.807, 2.05) is 0 Å². The quantitative estimate of drug-likeness (QED) is 0.381. The second kappa shape index (κ2) is 6.31. The minimum absolute atomic E-state index is 0. The van der Waals surface area contributed by atoms with Crippen molar-refractivity contribution in [1.82, 2.24) is 0 Å². The molecule has 0 aromatic heterocycles. The van der Waals surface area contributed by atoms with Gasteiger partial charge in [0.25, 0.3) is 0 Å². The first-order valence-corrected chi connectivity index (χ1v) is 3.70. The summed E-state index contributed by atoms with van der Waals surface area (Å²) in [6.07, 6.45) is 0. The molecule has 0 saturated carbocycles. The maximum absolute atomic E-state index is 8.49. The Morgan fingerprint density at radius 1 is 0.455 bits per heavy atom. The first-order valence-electron chi connectivity index (χ1n) is 1.23. The number of hydrogen-bond donors (Lipinski definition) is 0. The summed E-state index contributed by atoms with van der Waals surface area (Å²) in [5.74, 6) is 0. The van der Waals surface area contributed by atoms with Gasteiger partial charge in [-0.1, -0.05) is 0 Å². The first-order chi connectivity index (χ1) is 4.00. The number of hydrogen-bond acceptors (Lipinski definition) is 8. The van der Waals surface area contributed by atoms with Gasteiger partial charge in [0.15, 0.2) is 0 Å². The zero-order valence-electron chi connectivity index (χ0n) is 4.40. The molecule has 0 N–H and O–H groups in total. The summed E-state index contributed by atoms with van der Waals surface area (Å²) in [7, 11) is -9.89. The number of rotatable bonds is 0. The summed E-state index contributed by atoms with van der Waals surface area (Å²) >= 11 is 0. The van der Waals surface area contributed by atoms with Crippen molar-refractivity contribution in [3.63, 3.8) is 0 Å². The second-order valence-corrected chi connectivity index (χ2v) is 2.27. The average molecular weight is 254 g/mol. The average Bonchev–Trinajstić information content (AvgIpc) is 1.12. The molecule has 11 heteroatoms. The minimum Gasteiger partial charge on any atom is -0.222 e. The summed E-state index contributed by atoms with van der Waals surface area (Å²) in [6.45, 7) is 0. The first kappa shape index (κ1) is 17.8. The summed E-state index contributed by atoms with van der Waals surface area (Å²) < 4.78 is 67.9. The van der Waals surface area contributed by atoms with Gasteiger partial charge in [-0.15, -0.1) is 20.5 Å². The smallest absolute Gasteiger partial charge is 0.222 e. The third kappa shape index (κ3) is 1370. The third-order valence-electron chi connectivity index (χ3n) is 0. The molecule has 0 heterocycles. The maximum Gasteiger partial charge on any atom is 2.00 e. The van der Waals surface area contributed by atoms with E-state index in [-0.39, 0.29) is 17.1 Å². The fraction of sp³-hybridized carbons (Fsp3) is 0. The molecule has 0 fully saturated rings. The molecular weight excluding hydrogens is 254 g/mol. The van der Waals surface area contributed by atoms with E-state index in [2.05, 4.69) is 0 Å². The standard InChI is InChI=1S/2ClHO4.Mn/c2*2-1(3,4)5;/h2*(H,2,3,4,5);/q;;+2/p-2. The molecule has 1 radical (unpaired) electrons. The van der Waals surface area contributed by atoms with E-state index >= 15 is 0 Å². The summed E-state index contributed by atoms with van der Waals surface area (Å²) in [4.78, 5) is 0. The van der Waals surface area contributed by atoms with E-state index in [9.17, 15) is 0 Å². The predicted octanol–water partition coefficient (Wildman–Crippen LogP) is -9.51. The van der Waals surface area contributed by atoms with E-state index in [4.69, 9.17) is 37.3 Å². The van der Waals surface area contributed by atoms with Crippen LogP contribution in [0.3, 0.4) is 0 Å². The fourth-order valence-corrected chi connectivity index (χ4v) is 0. The molecule has 8 nitrogen and oxygen atoms in total. The van der Waals surface area contributed by atoms with Crippen LogP contribution in [-0.4, -0.2) is 0 Å². The van der Waals surface area contributed by atoms with Crippen LogP contribution in [0.4, 0.5) is 0 Å². The van der Waals surface area contributed by atoms with Crippen LogP contribution >= 0.6 is 0 Å². The normalized spacial score (nSPS) is 10.9. The molecule has 69 valence electrons. The van der Waals surface area contributed by atoms with Gasteiger partial charge in [0.2, 0.25) is 0 Å². The van der Waals surface area contributed by atoms with Gasteiger partial charge in [-0.3, -0.25) is 0 Å². The van der Waals surface area contributed by atoms with Crippen molar-refractivity contribution in [1.29, 1.82) is 0 Å². The molecule has 11 heavy (non-hydrogen) atoms. The van der Waals surface area contributed by atoms with Crippen molar-refractivity contribution in [2.75, 3.05) is 0 Å². The van der Waals surface area contributed by atoms with Crippen molar-refractivity contribution < 1.29 is 74.8 Å². The van der Waals surface area contributed by atoms with Crippen LogP contribution in [0.1, 0.15) is 0 Å². The van der Waals surface area contributed by atoms with Crippen LogP contribution < -0.4 is 37.3 Å². The molecule has 0 rings (SSSR count). The summed E-state index contributed by atoms with van der Waals surface area (Å²) in [5, 5.41) is 0. The Bertz CT molecular complexity index is 55.1. The van der Waals surface area contributed by atoms with Crippen LogP contribution in [0, 0.1) is 20.5 Å². The molecule has 0 atom stereocenters. The Hall–Kier alpha value is 0.779. The van der Waals surface area contributed by atoms with Crippen molar-refractivity contribution >= 4 is 0 Å². The van der Waals surface area contributed by atoms with Gasteiger partial charge in [0, 0.05) is 0 Å². The predicted molar refractivity (Wildman–Crippen MR) is 0 cm³/mol. The van der Waals surface area contributed by atoms with E-state index in [0.29, 0.717) is 0 Å². The molecule has 0 amide bonds. The van der Waals surface area contributed by atoms with Crippen molar-refractivity contribution in [3.8, 4) is 0 Å². The largest absolute Gasteiger partial charge is 2.00 e. The summed E-state index contributed by atoms with van der Waals surface area (Å²) in [6, 6.07) is 0. The van der Waals surface area contributed by atoms with Crippen LogP contribution in [0.5, 0.6) is 0 Å². The van der Waals surface area contributed by atoms with Crippen LogP contribution in [0.25, 0.3) is 0 Å². The molecule has 0 aliphatic carbocycles.